The quantitative estimate of drug-likeness (QED) is 0.808. The summed E-state index contributed by atoms with van der Waals surface area (Å²) < 4.78 is 1.53. The summed E-state index contributed by atoms with van der Waals surface area (Å²) >= 11 is 5.90. The normalized spacial score (nSPS) is 16.6. The summed E-state index contributed by atoms with van der Waals surface area (Å²) in [6.45, 7) is 5.57. The second kappa shape index (κ2) is 8.61. The Labute approximate surface area is 169 Å². The zero-order chi connectivity index (χ0) is 20.3. The maximum atomic E-state index is 12.6. The Bertz CT molecular complexity index is 921. The Kier molecular flexibility index (Phi) is 6.19. The number of amides is 2. The van der Waals surface area contributed by atoms with Crippen molar-refractivity contribution in [1.29, 1.82) is 0 Å². The lowest BCUT2D eigenvalue weighted by Gasteiger charge is -2.18. The number of aromatic nitrogens is 1. The number of likely N-dealkylation sites (tertiary alicyclic amines) is 1. The molecule has 28 heavy (non-hydrogen) atoms. The summed E-state index contributed by atoms with van der Waals surface area (Å²) in [6.07, 6.45) is 1.85. The van der Waals surface area contributed by atoms with E-state index in [1.165, 1.54) is 10.6 Å². The molecule has 7 heteroatoms. The zero-order valence-corrected chi connectivity index (χ0v) is 16.8. The number of nitrogens with one attached hydrogen (secondary N) is 1. The molecule has 1 saturated heterocycles. The first-order valence-electron chi connectivity index (χ1n) is 9.35. The third-order valence-electron chi connectivity index (χ3n) is 4.69. The Morgan fingerprint density at radius 2 is 1.89 bits per heavy atom. The van der Waals surface area contributed by atoms with Gasteiger partial charge in [0.2, 0.25) is 11.8 Å². The average molecular weight is 402 g/mol. The van der Waals surface area contributed by atoms with Gasteiger partial charge in [-0.15, -0.1) is 0 Å². The van der Waals surface area contributed by atoms with Crippen molar-refractivity contribution < 1.29 is 9.59 Å². The van der Waals surface area contributed by atoms with E-state index in [0.717, 1.165) is 5.56 Å². The fourth-order valence-electron chi connectivity index (χ4n) is 3.32. The summed E-state index contributed by atoms with van der Waals surface area (Å²) in [6, 6.07) is 10.3. The minimum absolute atomic E-state index is 0.0153. The molecule has 2 aromatic rings. The standard InChI is InChI=1S/C21H24ClN3O3/c1-14(2)10-24-12-16(9-20(24)27)21(28)23-18-7-8-19(26)25(13-18)11-15-3-5-17(22)6-4-15/h3-8,13-14,16H,9-12H2,1-2H3,(H,23,28). The van der Waals surface area contributed by atoms with Gasteiger partial charge in [0.1, 0.15) is 0 Å². The molecule has 0 radical (unpaired) electrons. The van der Waals surface area contributed by atoms with Gasteiger partial charge in [0.05, 0.1) is 18.2 Å². The van der Waals surface area contributed by atoms with Gasteiger partial charge in [-0.05, 0) is 29.7 Å². The molecule has 0 spiro atoms. The zero-order valence-electron chi connectivity index (χ0n) is 16.0. The van der Waals surface area contributed by atoms with Gasteiger partial charge in [0, 0.05) is 36.8 Å². The third-order valence-corrected chi connectivity index (χ3v) is 4.94. The van der Waals surface area contributed by atoms with Crippen molar-refractivity contribution in [1.82, 2.24) is 9.47 Å². The van der Waals surface area contributed by atoms with Gasteiger partial charge < -0.3 is 14.8 Å². The van der Waals surface area contributed by atoms with Crippen molar-refractivity contribution in [2.45, 2.75) is 26.8 Å². The van der Waals surface area contributed by atoms with Gasteiger partial charge in [-0.2, -0.15) is 0 Å². The van der Waals surface area contributed by atoms with Crippen LogP contribution < -0.4 is 10.9 Å². The molecule has 1 fully saturated rings. The summed E-state index contributed by atoms with van der Waals surface area (Å²) in [5.74, 6) is -0.192. The highest BCUT2D eigenvalue weighted by atomic mass is 35.5. The van der Waals surface area contributed by atoms with E-state index in [1.807, 2.05) is 26.0 Å². The van der Waals surface area contributed by atoms with Crippen LogP contribution in [0.25, 0.3) is 0 Å². The van der Waals surface area contributed by atoms with Gasteiger partial charge in [0.15, 0.2) is 0 Å². The largest absolute Gasteiger partial charge is 0.342 e. The lowest BCUT2D eigenvalue weighted by molar-refractivity contribution is -0.128. The second-order valence-electron chi connectivity index (χ2n) is 7.59. The number of hydrogen-bond acceptors (Lipinski definition) is 3. The predicted octanol–water partition coefficient (Wildman–Crippen LogP) is 2.99. The van der Waals surface area contributed by atoms with Crippen LogP contribution in [-0.4, -0.2) is 34.4 Å². The topological polar surface area (TPSA) is 71.4 Å². The van der Waals surface area contributed by atoms with Crippen LogP contribution in [0.2, 0.25) is 5.02 Å². The molecule has 1 aromatic heterocycles. The van der Waals surface area contributed by atoms with Gasteiger partial charge in [0.25, 0.3) is 5.56 Å². The number of halogens is 1. The van der Waals surface area contributed by atoms with E-state index >= 15 is 0 Å². The second-order valence-corrected chi connectivity index (χ2v) is 8.03. The maximum absolute atomic E-state index is 12.6. The van der Waals surface area contributed by atoms with Crippen molar-refractivity contribution in [3.05, 3.63) is 63.5 Å². The van der Waals surface area contributed by atoms with Crippen molar-refractivity contribution in [3.8, 4) is 0 Å². The molecule has 1 atom stereocenters. The van der Waals surface area contributed by atoms with Crippen LogP contribution in [-0.2, 0) is 16.1 Å². The average Bonchev–Trinajstić information content (AvgIpc) is 3.00. The number of hydrogen-bond donors (Lipinski definition) is 1. The SMILES string of the molecule is CC(C)CN1CC(C(=O)Nc2ccc(=O)n(Cc3ccc(Cl)cc3)c2)CC1=O. The summed E-state index contributed by atoms with van der Waals surface area (Å²) in [5, 5.41) is 3.48. The lowest BCUT2D eigenvalue weighted by Crippen LogP contribution is -2.31. The van der Waals surface area contributed by atoms with Crippen LogP contribution in [0, 0.1) is 11.8 Å². The molecule has 1 aromatic carbocycles. The molecule has 1 N–H and O–H groups in total. The highest BCUT2D eigenvalue weighted by Gasteiger charge is 2.34. The fraction of sp³-hybridized carbons (Fsp3) is 0.381. The Balaban J connectivity index is 1.67. The van der Waals surface area contributed by atoms with Gasteiger partial charge in [-0.3, -0.25) is 14.4 Å². The summed E-state index contributed by atoms with van der Waals surface area (Å²) in [4.78, 5) is 38.6. The highest BCUT2D eigenvalue weighted by Crippen LogP contribution is 2.21. The molecule has 1 aliphatic rings. The maximum Gasteiger partial charge on any atom is 0.250 e. The minimum atomic E-state index is -0.372. The predicted molar refractivity (Wildman–Crippen MR) is 109 cm³/mol. The van der Waals surface area contributed by atoms with E-state index in [-0.39, 0.29) is 29.7 Å². The first-order chi connectivity index (χ1) is 13.3. The summed E-state index contributed by atoms with van der Waals surface area (Å²) in [5.41, 5.74) is 1.31. The third kappa shape index (κ3) is 5.01. The molecule has 148 valence electrons. The van der Waals surface area contributed by atoms with E-state index in [2.05, 4.69) is 5.32 Å². The molecular weight excluding hydrogens is 378 g/mol. The van der Waals surface area contributed by atoms with Gasteiger partial charge in [-0.25, -0.2) is 0 Å². The van der Waals surface area contributed by atoms with Crippen LogP contribution in [0.15, 0.2) is 47.4 Å². The van der Waals surface area contributed by atoms with Gasteiger partial charge >= 0.3 is 0 Å². The molecule has 0 bridgehead atoms. The van der Waals surface area contributed by atoms with Crippen molar-refractivity contribution in [2.75, 3.05) is 18.4 Å². The van der Waals surface area contributed by atoms with Crippen LogP contribution in [0.4, 0.5) is 5.69 Å². The lowest BCUT2D eigenvalue weighted by atomic mass is 10.1. The Hall–Kier alpha value is -2.60. The van der Waals surface area contributed by atoms with E-state index in [1.54, 1.807) is 29.3 Å². The molecule has 6 nitrogen and oxygen atoms in total. The van der Waals surface area contributed by atoms with Crippen LogP contribution >= 0.6 is 11.6 Å². The van der Waals surface area contributed by atoms with Crippen molar-refractivity contribution in [3.63, 3.8) is 0 Å². The number of carbonyl (C=O) groups is 2. The number of nitrogens with zero attached hydrogens (tertiary/aromatic N) is 2. The van der Waals surface area contributed by atoms with E-state index in [0.29, 0.717) is 36.3 Å². The molecule has 2 amide bonds. The molecule has 0 saturated carbocycles. The monoisotopic (exact) mass is 401 g/mol. The van der Waals surface area contributed by atoms with Crippen LogP contribution in [0.5, 0.6) is 0 Å². The van der Waals surface area contributed by atoms with Crippen molar-refractivity contribution >= 4 is 29.1 Å². The van der Waals surface area contributed by atoms with Crippen LogP contribution in [0.1, 0.15) is 25.8 Å². The fourth-order valence-corrected chi connectivity index (χ4v) is 3.45. The number of rotatable bonds is 6. The molecule has 3 rings (SSSR count). The molecule has 1 aliphatic heterocycles. The first-order valence-corrected chi connectivity index (χ1v) is 9.73. The Morgan fingerprint density at radius 3 is 2.57 bits per heavy atom. The van der Waals surface area contributed by atoms with Gasteiger partial charge in [-0.1, -0.05) is 37.6 Å². The van der Waals surface area contributed by atoms with E-state index < -0.39 is 0 Å². The molecule has 2 heterocycles. The van der Waals surface area contributed by atoms with E-state index in [4.69, 9.17) is 11.6 Å². The number of benzene rings is 1. The minimum Gasteiger partial charge on any atom is -0.342 e. The summed E-state index contributed by atoms with van der Waals surface area (Å²) in [7, 11) is 0. The number of carbonyl (C=O) groups excluding carboxylic acids is 2. The van der Waals surface area contributed by atoms with E-state index in [9.17, 15) is 14.4 Å². The Morgan fingerprint density at radius 1 is 1.18 bits per heavy atom. The highest BCUT2D eigenvalue weighted by molar-refractivity contribution is 6.30. The van der Waals surface area contributed by atoms with Crippen LogP contribution in [0.3, 0.4) is 0 Å². The van der Waals surface area contributed by atoms with Crippen molar-refractivity contribution in [2.24, 2.45) is 11.8 Å². The number of anilines is 1. The smallest absolute Gasteiger partial charge is 0.250 e. The molecule has 0 aliphatic carbocycles. The number of pyridine rings is 1. The molecular formula is C21H24ClN3O3. The first kappa shape index (κ1) is 20.1. The molecule has 1 unspecified atom stereocenters.